The largest absolute Gasteiger partial charge is 0.350 e. The van der Waals surface area contributed by atoms with Crippen molar-refractivity contribution in [3.8, 4) is 0 Å². The third kappa shape index (κ3) is 3.82. The van der Waals surface area contributed by atoms with Gasteiger partial charge >= 0.3 is 0 Å². The van der Waals surface area contributed by atoms with Crippen LogP contribution >= 0.6 is 34.8 Å². The lowest BCUT2D eigenvalue weighted by atomic mass is 10.0. The summed E-state index contributed by atoms with van der Waals surface area (Å²) in [6, 6.07) is 18.9. The Morgan fingerprint density at radius 1 is 0.800 bits per heavy atom. The average Bonchev–Trinajstić information content (AvgIpc) is 2.94. The number of hydrogen-bond acceptors (Lipinski definition) is 3. The zero-order valence-corrected chi connectivity index (χ0v) is 18.0. The predicted octanol–water partition coefficient (Wildman–Crippen LogP) is 6.35. The number of imide groups is 1. The van der Waals surface area contributed by atoms with Gasteiger partial charge in [-0.3, -0.25) is 9.59 Å². The molecule has 4 rings (SSSR count). The fraction of sp³-hybridized carbons (Fsp3) is 0.0435. The Kier molecular flexibility index (Phi) is 5.56. The number of aryl methyl sites for hydroxylation is 1. The summed E-state index contributed by atoms with van der Waals surface area (Å²) < 4.78 is 0. The van der Waals surface area contributed by atoms with E-state index in [1.807, 2.05) is 19.1 Å². The van der Waals surface area contributed by atoms with Gasteiger partial charge in [0.25, 0.3) is 11.8 Å². The van der Waals surface area contributed by atoms with Crippen molar-refractivity contribution in [1.82, 2.24) is 0 Å². The van der Waals surface area contributed by atoms with Crippen LogP contribution in [0.4, 0.5) is 11.4 Å². The molecule has 1 heterocycles. The lowest BCUT2D eigenvalue weighted by molar-refractivity contribution is -0.120. The number of anilines is 2. The average molecular weight is 458 g/mol. The van der Waals surface area contributed by atoms with Crippen molar-refractivity contribution in [3.05, 3.63) is 98.6 Å². The van der Waals surface area contributed by atoms with Crippen LogP contribution in [-0.2, 0) is 9.59 Å². The normalized spacial score (nSPS) is 13.9. The maximum Gasteiger partial charge on any atom is 0.282 e. The van der Waals surface area contributed by atoms with E-state index in [0.29, 0.717) is 32.0 Å². The molecule has 3 aromatic rings. The molecule has 0 unspecified atom stereocenters. The fourth-order valence-electron chi connectivity index (χ4n) is 3.24. The first-order chi connectivity index (χ1) is 14.3. The smallest absolute Gasteiger partial charge is 0.282 e. The summed E-state index contributed by atoms with van der Waals surface area (Å²) in [4.78, 5) is 27.8. The number of nitrogens with one attached hydrogen (secondary N) is 1. The minimum Gasteiger partial charge on any atom is -0.350 e. The highest BCUT2D eigenvalue weighted by Crippen LogP contribution is 2.36. The zero-order valence-electron chi connectivity index (χ0n) is 15.7. The monoisotopic (exact) mass is 456 g/mol. The molecule has 0 spiro atoms. The molecule has 1 N–H and O–H groups in total. The quantitative estimate of drug-likeness (QED) is 0.464. The summed E-state index contributed by atoms with van der Waals surface area (Å²) >= 11 is 18.4. The van der Waals surface area contributed by atoms with E-state index >= 15 is 0 Å². The summed E-state index contributed by atoms with van der Waals surface area (Å²) in [5, 5.41) is 4.29. The van der Waals surface area contributed by atoms with Crippen molar-refractivity contribution in [2.24, 2.45) is 0 Å². The number of benzene rings is 3. The van der Waals surface area contributed by atoms with Crippen molar-refractivity contribution in [3.63, 3.8) is 0 Å². The van der Waals surface area contributed by atoms with Crippen molar-refractivity contribution < 1.29 is 9.59 Å². The highest BCUT2D eigenvalue weighted by atomic mass is 35.5. The topological polar surface area (TPSA) is 49.4 Å². The van der Waals surface area contributed by atoms with Gasteiger partial charge in [0, 0.05) is 20.8 Å². The zero-order chi connectivity index (χ0) is 21.4. The van der Waals surface area contributed by atoms with E-state index in [1.54, 1.807) is 36.4 Å². The number of nitrogens with zero attached hydrogens (tertiary/aromatic N) is 1. The van der Waals surface area contributed by atoms with Crippen LogP contribution in [0, 0.1) is 6.92 Å². The maximum absolute atomic E-state index is 13.4. The Labute approximate surface area is 188 Å². The first kappa shape index (κ1) is 20.5. The standard InChI is InChI=1S/C23H15Cl3N2O2/c1-13-7-8-17(12-19(13)26)27-21-20(14-5-3-2-4-6-14)22(29)28(23(21)30)18-10-15(24)9-16(25)11-18/h2-12,27H,1H3. The van der Waals surface area contributed by atoms with Crippen LogP contribution < -0.4 is 10.2 Å². The summed E-state index contributed by atoms with van der Waals surface area (Å²) in [6.07, 6.45) is 0. The molecular formula is C23H15Cl3N2O2. The van der Waals surface area contributed by atoms with Gasteiger partial charge in [0.05, 0.1) is 11.3 Å². The summed E-state index contributed by atoms with van der Waals surface area (Å²) in [6.45, 7) is 1.88. The number of hydrogen-bond donors (Lipinski definition) is 1. The number of amides is 2. The molecule has 0 aliphatic carbocycles. The summed E-state index contributed by atoms with van der Waals surface area (Å²) in [5.41, 5.74) is 2.84. The molecule has 0 fully saturated rings. The van der Waals surface area contributed by atoms with E-state index < -0.39 is 11.8 Å². The first-order valence-electron chi connectivity index (χ1n) is 9.03. The second kappa shape index (κ2) is 8.15. The van der Waals surface area contributed by atoms with E-state index in [-0.39, 0.29) is 11.3 Å². The Bertz CT molecular complexity index is 1190. The van der Waals surface area contributed by atoms with Crippen molar-refractivity contribution in [2.75, 3.05) is 10.2 Å². The lowest BCUT2D eigenvalue weighted by Gasteiger charge is -2.16. The van der Waals surface area contributed by atoms with Crippen LogP contribution in [0.25, 0.3) is 5.57 Å². The molecule has 0 saturated carbocycles. The molecule has 3 aromatic carbocycles. The Morgan fingerprint density at radius 3 is 2.10 bits per heavy atom. The molecule has 2 amide bonds. The second-order valence-corrected chi connectivity index (χ2v) is 8.06. The van der Waals surface area contributed by atoms with Crippen LogP contribution in [0.5, 0.6) is 0 Å². The van der Waals surface area contributed by atoms with Gasteiger partial charge in [0.2, 0.25) is 0 Å². The van der Waals surface area contributed by atoms with Gasteiger partial charge in [-0.15, -0.1) is 0 Å². The molecular weight excluding hydrogens is 443 g/mol. The maximum atomic E-state index is 13.4. The van der Waals surface area contributed by atoms with Gasteiger partial charge in [0.15, 0.2) is 0 Å². The Hall–Kier alpha value is -2.79. The molecule has 7 heteroatoms. The molecule has 0 atom stereocenters. The van der Waals surface area contributed by atoms with Crippen LogP contribution in [0.15, 0.2) is 72.4 Å². The van der Waals surface area contributed by atoms with E-state index in [4.69, 9.17) is 34.8 Å². The molecule has 0 radical (unpaired) electrons. The minimum absolute atomic E-state index is 0.155. The molecule has 0 bridgehead atoms. The minimum atomic E-state index is -0.506. The molecule has 4 nitrogen and oxygen atoms in total. The molecule has 30 heavy (non-hydrogen) atoms. The predicted molar refractivity (Wildman–Crippen MR) is 122 cm³/mol. The third-order valence-electron chi connectivity index (χ3n) is 4.69. The van der Waals surface area contributed by atoms with Crippen molar-refractivity contribution in [1.29, 1.82) is 0 Å². The van der Waals surface area contributed by atoms with Crippen molar-refractivity contribution >= 4 is 63.6 Å². The van der Waals surface area contributed by atoms with E-state index in [1.165, 1.54) is 18.2 Å². The van der Waals surface area contributed by atoms with Crippen LogP contribution in [-0.4, -0.2) is 11.8 Å². The summed E-state index contributed by atoms with van der Waals surface area (Å²) in [5.74, 6) is -0.973. The summed E-state index contributed by atoms with van der Waals surface area (Å²) in [7, 11) is 0. The lowest BCUT2D eigenvalue weighted by Crippen LogP contribution is -2.32. The van der Waals surface area contributed by atoms with Crippen LogP contribution in [0.2, 0.25) is 15.1 Å². The third-order valence-corrected chi connectivity index (χ3v) is 5.54. The number of carbonyl (C=O) groups excluding carboxylic acids is 2. The van der Waals surface area contributed by atoms with Gasteiger partial charge in [-0.05, 0) is 48.4 Å². The molecule has 150 valence electrons. The van der Waals surface area contributed by atoms with Crippen LogP contribution in [0.3, 0.4) is 0 Å². The van der Waals surface area contributed by atoms with E-state index in [2.05, 4.69) is 5.32 Å². The highest BCUT2D eigenvalue weighted by Gasteiger charge is 2.40. The number of carbonyl (C=O) groups is 2. The number of rotatable bonds is 4. The fourth-order valence-corrected chi connectivity index (χ4v) is 3.93. The van der Waals surface area contributed by atoms with Crippen LogP contribution in [0.1, 0.15) is 11.1 Å². The Balaban J connectivity index is 1.83. The van der Waals surface area contributed by atoms with Gasteiger partial charge in [-0.2, -0.15) is 0 Å². The molecule has 1 aliphatic rings. The first-order valence-corrected chi connectivity index (χ1v) is 10.2. The second-order valence-electron chi connectivity index (χ2n) is 6.78. The molecule has 0 saturated heterocycles. The van der Waals surface area contributed by atoms with Crippen molar-refractivity contribution in [2.45, 2.75) is 6.92 Å². The van der Waals surface area contributed by atoms with Gasteiger partial charge in [-0.1, -0.05) is 71.2 Å². The van der Waals surface area contributed by atoms with E-state index in [9.17, 15) is 9.59 Å². The van der Waals surface area contributed by atoms with Gasteiger partial charge in [-0.25, -0.2) is 4.90 Å². The number of halogens is 3. The molecule has 0 aromatic heterocycles. The van der Waals surface area contributed by atoms with Gasteiger partial charge < -0.3 is 5.32 Å². The van der Waals surface area contributed by atoms with Gasteiger partial charge in [0.1, 0.15) is 5.70 Å². The molecule has 1 aliphatic heterocycles. The highest BCUT2D eigenvalue weighted by molar-refractivity contribution is 6.47. The Morgan fingerprint density at radius 2 is 1.47 bits per heavy atom. The SMILES string of the molecule is Cc1ccc(NC2=C(c3ccccc3)C(=O)N(c3cc(Cl)cc(Cl)c3)C2=O)cc1Cl. The van der Waals surface area contributed by atoms with E-state index in [0.717, 1.165) is 10.5 Å².